The monoisotopic (exact) mass is 562 g/mol. The van der Waals surface area contributed by atoms with Crippen LogP contribution in [0.15, 0.2) is 109 Å². The second-order valence-electron chi connectivity index (χ2n) is 10.9. The van der Waals surface area contributed by atoms with Gasteiger partial charge in [-0.25, -0.2) is 4.98 Å². The predicted octanol–water partition coefficient (Wildman–Crippen LogP) is 7.06. The van der Waals surface area contributed by atoms with Gasteiger partial charge in [-0.2, -0.15) is 0 Å². The Morgan fingerprint density at radius 1 is 0.791 bits per heavy atom. The van der Waals surface area contributed by atoms with Crippen LogP contribution < -0.4 is 11.5 Å². The zero-order chi connectivity index (χ0) is 29.7. The molecular weight excluding hydrogens is 532 g/mol. The molecule has 0 radical (unpaired) electrons. The van der Waals surface area contributed by atoms with Gasteiger partial charge in [-0.15, -0.1) is 0 Å². The summed E-state index contributed by atoms with van der Waals surface area (Å²) in [6.45, 7) is 2.09. The zero-order valence-electron chi connectivity index (χ0n) is 23.7. The second kappa shape index (κ2) is 10.4. The van der Waals surface area contributed by atoms with E-state index in [0.29, 0.717) is 23.2 Å². The molecule has 4 N–H and O–H groups in total. The number of amides is 1. The fourth-order valence-corrected chi connectivity index (χ4v) is 6.65. The molecule has 0 saturated heterocycles. The van der Waals surface area contributed by atoms with Gasteiger partial charge in [-0.3, -0.25) is 14.2 Å². The molecule has 1 aliphatic carbocycles. The van der Waals surface area contributed by atoms with E-state index in [0.717, 1.165) is 56.4 Å². The van der Waals surface area contributed by atoms with Crippen molar-refractivity contribution in [3.63, 3.8) is 0 Å². The number of fused-ring (bicyclic) bond motifs is 4. The van der Waals surface area contributed by atoms with Crippen molar-refractivity contribution in [2.75, 3.05) is 5.73 Å². The molecule has 43 heavy (non-hydrogen) atoms. The minimum Gasteiger partial charge on any atom is -0.369 e. The van der Waals surface area contributed by atoms with Gasteiger partial charge in [-0.05, 0) is 63.6 Å². The van der Waals surface area contributed by atoms with Gasteiger partial charge >= 0.3 is 0 Å². The second-order valence-corrected chi connectivity index (χ2v) is 10.9. The Morgan fingerprint density at radius 2 is 1.47 bits per heavy atom. The molecule has 0 fully saturated rings. The molecule has 6 nitrogen and oxygen atoms in total. The maximum Gasteiger partial charge on any atom is 0.229 e. The number of benzene rings is 5. The Kier molecular flexibility index (Phi) is 6.39. The third-order valence-corrected chi connectivity index (χ3v) is 8.39. The van der Waals surface area contributed by atoms with E-state index in [1.54, 1.807) is 0 Å². The summed E-state index contributed by atoms with van der Waals surface area (Å²) in [5.74, 6) is -0.920. The first-order valence-corrected chi connectivity index (χ1v) is 14.5. The molecule has 5 aromatic carbocycles. The van der Waals surface area contributed by atoms with Crippen molar-refractivity contribution >= 4 is 28.7 Å². The maximum atomic E-state index is 14.9. The minimum absolute atomic E-state index is 0.133. The summed E-state index contributed by atoms with van der Waals surface area (Å²) >= 11 is 0. The molecule has 0 bridgehead atoms. The predicted molar refractivity (Wildman–Crippen MR) is 171 cm³/mol. The van der Waals surface area contributed by atoms with Gasteiger partial charge in [0.25, 0.3) is 0 Å². The summed E-state index contributed by atoms with van der Waals surface area (Å²) < 4.78 is 1.88. The number of para-hydroxylation sites is 2. The van der Waals surface area contributed by atoms with Crippen LogP contribution in [0.25, 0.3) is 39.0 Å². The molecule has 0 aliphatic heterocycles. The third-order valence-electron chi connectivity index (χ3n) is 8.39. The lowest BCUT2D eigenvalue weighted by Gasteiger charge is -2.23. The van der Waals surface area contributed by atoms with Crippen molar-refractivity contribution in [3.8, 4) is 27.9 Å². The number of imidazole rings is 1. The molecule has 6 heteroatoms. The van der Waals surface area contributed by atoms with Gasteiger partial charge in [0.05, 0.1) is 22.6 Å². The quantitative estimate of drug-likeness (QED) is 0.203. The largest absolute Gasteiger partial charge is 0.369 e. The van der Waals surface area contributed by atoms with Gasteiger partial charge in [0, 0.05) is 11.1 Å². The number of carbonyl (C=O) groups is 2. The number of carbonyl (C=O) groups excluding carboxylic acids is 2. The molecular formula is C37H30N4O2. The summed E-state index contributed by atoms with van der Waals surface area (Å²) in [6, 6.07) is 35.1. The van der Waals surface area contributed by atoms with Crippen molar-refractivity contribution in [2.24, 2.45) is 5.73 Å². The average Bonchev–Trinajstić information content (AvgIpc) is 3.55. The lowest BCUT2D eigenvalue weighted by atomic mass is 9.84. The number of hydrogen-bond donors (Lipinski definition) is 2. The lowest BCUT2D eigenvalue weighted by molar-refractivity contribution is -0.118. The molecule has 6 aromatic rings. The van der Waals surface area contributed by atoms with Gasteiger partial charge in [-0.1, -0.05) is 104 Å². The van der Waals surface area contributed by atoms with Crippen LogP contribution in [-0.4, -0.2) is 21.2 Å². The smallest absolute Gasteiger partial charge is 0.229 e. The number of rotatable bonds is 7. The van der Waals surface area contributed by atoms with Crippen molar-refractivity contribution in [3.05, 3.63) is 137 Å². The van der Waals surface area contributed by atoms with Crippen LogP contribution in [0, 0.1) is 0 Å². The highest BCUT2D eigenvalue weighted by atomic mass is 16.1. The van der Waals surface area contributed by atoms with Crippen LogP contribution in [0.5, 0.6) is 0 Å². The number of nitrogens with two attached hydrogens (primary N) is 2. The van der Waals surface area contributed by atoms with E-state index in [1.165, 1.54) is 0 Å². The number of anilines is 1. The first-order valence-electron chi connectivity index (χ1n) is 14.5. The van der Waals surface area contributed by atoms with E-state index in [4.69, 9.17) is 11.5 Å². The molecule has 1 aromatic heterocycles. The Hall–Kier alpha value is -5.49. The van der Waals surface area contributed by atoms with Crippen LogP contribution >= 0.6 is 0 Å². The summed E-state index contributed by atoms with van der Waals surface area (Å²) in [7, 11) is 0. The third kappa shape index (κ3) is 4.14. The van der Waals surface area contributed by atoms with Crippen molar-refractivity contribution in [2.45, 2.75) is 25.7 Å². The van der Waals surface area contributed by atoms with E-state index in [-0.39, 0.29) is 11.7 Å². The van der Waals surface area contributed by atoms with Crippen LogP contribution in [0.4, 0.5) is 5.95 Å². The maximum absolute atomic E-state index is 14.9. The Morgan fingerprint density at radius 3 is 2.23 bits per heavy atom. The molecule has 0 spiro atoms. The highest BCUT2D eigenvalue weighted by Gasteiger charge is 2.38. The molecule has 1 amide bonds. The molecule has 0 saturated carbocycles. The Labute approximate surface area is 249 Å². The summed E-state index contributed by atoms with van der Waals surface area (Å²) in [5, 5.41) is 0. The molecule has 210 valence electrons. The first kappa shape index (κ1) is 26.4. The van der Waals surface area contributed by atoms with Crippen LogP contribution in [0.3, 0.4) is 0 Å². The van der Waals surface area contributed by atoms with Gasteiger partial charge in [0.1, 0.15) is 0 Å². The zero-order valence-corrected chi connectivity index (χ0v) is 23.7. The Balaban J connectivity index is 1.60. The van der Waals surface area contributed by atoms with E-state index in [1.807, 2.05) is 114 Å². The highest BCUT2D eigenvalue weighted by molar-refractivity contribution is 6.16. The van der Waals surface area contributed by atoms with Gasteiger partial charge < -0.3 is 11.5 Å². The van der Waals surface area contributed by atoms with Gasteiger partial charge in [0.15, 0.2) is 5.78 Å². The molecule has 1 heterocycles. The number of ketones is 1. The van der Waals surface area contributed by atoms with Crippen LogP contribution in [0.1, 0.15) is 51.9 Å². The van der Waals surface area contributed by atoms with E-state index in [9.17, 15) is 9.59 Å². The topological polar surface area (TPSA) is 104 Å². The minimum atomic E-state index is -0.636. The van der Waals surface area contributed by atoms with Crippen LogP contribution in [0.2, 0.25) is 0 Å². The first-order chi connectivity index (χ1) is 21.0. The molecule has 1 aliphatic rings. The summed E-state index contributed by atoms with van der Waals surface area (Å²) in [6.07, 6.45) is 1.40. The standard InChI is InChI=1S/C37H30N4O2/c1-2-12-27-32-28(24-16-7-8-17-25(24)33(32)36(38)43)21-29(34(27)41-31-20-11-10-19-30(31)40-37(41)39)35(42)26-18-9-6-15-23(26)22-13-4-3-5-14-22/h3-11,13-21,33H,2,12H2,1H3,(H2,38,43)(H2,39,40). The van der Waals surface area contributed by atoms with Crippen molar-refractivity contribution in [1.82, 2.24) is 9.55 Å². The number of nitrogen functional groups attached to an aromatic ring is 1. The van der Waals surface area contributed by atoms with E-state index < -0.39 is 11.8 Å². The number of aromatic nitrogens is 2. The molecule has 1 unspecified atom stereocenters. The van der Waals surface area contributed by atoms with E-state index >= 15 is 0 Å². The van der Waals surface area contributed by atoms with Gasteiger partial charge in [0.2, 0.25) is 11.9 Å². The Bertz CT molecular complexity index is 2060. The van der Waals surface area contributed by atoms with Crippen LogP contribution in [-0.2, 0) is 11.2 Å². The molecule has 7 rings (SSSR count). The van der Waals surface area contributed by atoms with Crippen molar-refractivity contribution in [1.29, 1.82) is 0 Å². The fourth-order valence-electron chi connectivity index (χ4n) is 6.65. The average molecular weight is 563 g/mol. The summed E-state index contributed by atoms with van der Waals surface area (Å²) in [4.78, 5) is 32.7. The van der Waals surface area contributed by atoms with Crippen molar-refractivity contribution < 1.29 is 9.59 Å². The normalized spacial score (nSPS) is 13.6. The van der Waals surface area contributed by atoms with E-state index in [2.05, 4.69) is 11.9 Å². The lowest BCUT2D eigenvalue weighted by Crippen LogP contribution is -2.23. The number of primary amides is 1. The summed E-state index contributed by atoms with van der Waals surface area (Å²) in [5.41, 5.74) is 22.1. The number of hydrogen-bond acceptors (Lipinski definition) is 4. The number of nitrogens with zero attached hydrogens (tertiary/aromatic N) is 2. The highest BCUT2D eigenvalue weighted by Crippen LogP contribution is 2.50. The fraction of sp³-hybridized carbons (Fsp3) is 0.108. The molecule has 1 atom stereocenters. The SMILES string of the molecule is CCCc1c2c(cc(C(=O)c3ccccc3-c3ccccc3)c1-n1c(N)nc3ccccc31)-c1ccccc1C2C(N)=O.